The summed E-state index contributed by atoms with van der Waals surface area (Å²) in [5, 5.41) is 48.1. The topological polar surface area (TPSA) is 167 Å². The second-order valence-corrected chi connectivity index (χ2v) is 25.5. The number of aromatic hydroxyl groups is 4. The number of aliphatic imine (C=N–C) groups is 4. The maximum Gasteiger partial charge on any atom is 0.161 e. The molecule has 4 atom stereocenters. The zero-order valence-electron chi connectivity index (χ0n) is 47.0. The first-order valence-corrected chi connectivity index (χ1v) is 26.5. The van der Waals surface area contributed by atoms with Crippen molar-refractivity contribution in [2.24, 2.45) is 31.8 Å². The van der Waals surface area contributed by atoms with Crippen LogP contribution < -0.4 is 0 Å². The number of fused-ring (bicyclic) bond motifs is 10. The lowest BCUT2D eigenvalue weighted by Crippen LogP contribution is -2.28. The highest BCUT2D eigenvalue weighted by molar-refractivity contribution is 5.87. The van der Waals surface area contributed by atoms with Crippen LogP contribution in [0.4, 0.5) is 0 Å². The highest BCUT2D eigenvalue weighted by atomic mass is 16.7. The summed E-state index contributed by atoms with van der Waals surface area (Å²) >= 11 is 0. The molecule has 7 rings (SSSR count). The molecular weight excluding hydrogens is 929 g/mol. The number of rotatable bonds is 2. The maximum atomic E-state index is 12.0. The van der Waals surface area contributed by atoms with Crippen molar-refractivity contribution in [3.05, 3.63) is 115 Å². The first-order chi connectivity index (χ1) is 34.5. The maximum absolute atomic E-state index is 12.0. The Balaban J connectivity index is 1.35. The van der Waals surface area contributed by atoms with Crippen molar-refractivity contribution >= 4 is 24.9 Å². The van der Waals surface area contributed by atoms with Crippen molar-refractivity contribution < 1.29 is 39.4 Å². The van der Waals surface area contributed by atoms with Gasteiger partial charge in [-0.3, -0.25) is 20.0 Å². The molecule has 2 fully saturated rings. The number of benzene rings is 4. The largest absolute Gasteiger partial charge is 0.507 e. The summed E-state index contributed by atoms with van der Waals surface area (Å²) in [6.45, 7) is 34.8. The fraction of sp³-hybridized carbons (Fsp3) is 0.548. The SMILES string of the molecule is CC(C)C1O[C@@H]2CN=Cc3cc(C(C)(C)C)cc(c3O)Cc3cc(C(C)(C)C)cc(c3O)C=NC[C@H]3OC(C(C)C)O[C@@H]3CN=Cc3cc(C(C)(C)C)cc(c3O)Cc3cc(C(C)(C)C)cc(c3O)C=NC[C@H]2O1. The fourth-order valence-electron chi connectivity index (χ4n) is 9.35. The minimum atomic E-state index is -0.460. The summed E-state index contributed by atoms with van der Waals surface area (Å²) in [6.07, 6.45) is 4.67. The van der Waals surface area contributed by atoms with E-state index in [2.05, 4.69) is 83.1 Å². The molecule has 8 bridgehead atoms. The molecule has 12 heteroatoms. The number of hydrogen-bond acceptors (Lipinski definition) is 12. The predicted octanol–water partition coefficient (Wildman–Crippen LogP) is 11.8. The van der Waals surface area contributed by atoms with Gasteiger partial charge in [0, 0.05) is 71.8 Å². The molecular formula is C62H84N4O8. The number of hydrogen-bond donors (Lipinski definition) is 4. The van der Waals surface area contributed by atoms with Crippen LogP contribution in [-0.4, -0.2) is 108 Å². The van der Waals surface area contributed by atoms with Gasteiger partial charge in [-0.15, -0.1) is 0 Å². The Morgan fingerprint density at radius 3 is 0.743 bits per heavy atom. The van der Waals surface area contributed by atoms with E-state index in [0.717, 1.165) is 22.3 Å². The van der Waals surface area contributed by atoms with Crippen LogP contribution in [0.25, 0.3) is 0 Å². The molecule has 0 spiro atoms. The van der Waals surface area contributed by atoms with Crippen molar-refractivity contribution in [2.75, 3.05) is 26.2 Å². The summed E-state index contributed by atoms with van der Waals surface area (Å²) in [6, 6.07) is 16.0. The van der Waals surface area contributed by atoms with E-state index in [0.29, 0.717) is 44.5 Å². The van der Waals surface area contributed by atoms with E-state index in [-0.39, 0.29) is 95.5 Å². The van der Waals surface area contributed by atoms with E-state index in [4.69, 9.17) is 38.9 Å². The van der Waals surface area contributed by atoms with Crippen LogP contribution >= 0.6 is 0 Å². The Labute approximate surface area is 441 Å². The summed E-state index contributed by atoms with van der Waals surface area (Å²) in [4.78, 5) is 19.5. The first kappa shape index (κ1) is 56.3. The average Bonchev–Trinajstić information content (AvgIpc) is 3.90. The molecule has 0 radical (unpaired) electrons. The molecule has 2 saturated heterocycles. The third-order valence-electron chi connectivity index (χ3n) is 14.3. The molecule has 0 amide bonds. The second kappa shape index (κ2) is 22.1. The number of phenolic OH excluding ortho intramolecular Hbond substituents is 4. The molecule has 3 aliphatic heterocycles. The Morgan fingerprint density at radius 2 is 0.568 bits per heavy atom. The van der Waals surface area contributed by atoms with Crippen molar-refractivity contribution in [3.63, 3.8) is 0 Å². The lowest BCUT2D eigenvalue weighted by Gasteiger charge is -2.24. The van der Waals surface area contributed by atoms with Crippen LogP contribution in [0, 0.1) is 11.8 Å². The van der Waals surface area contributed by atoms with Crippen LogP contribution in [0.5, 0.6) is 23.0 Å². The Kier molecular flexibility index (Phi) is 16.8. The summed E-state index contributed by atoms with van der Waals surface area (Å²) < 4.78 is 25.8. The van der Waals surface area contributed by atoms with Crippen LogP contribution in [-0.2, 0) is 53.4 Å². The molecule has 4 aromatic rings. The fourth-order valence-corrected chi connectivity index (χ4v) is 9.35. The molecule has 0 aromatic heterocycles. The van der Waals surface area contributed by atoms with Gasteiger partial charge < -0.3 is 39.4 Å². The van der Waals surface area contributed by atoms with Crippen molar-refractivity contribution in [1.29, 1.82) is 0 Å². The highest BCUT2D eigenvalue weighted by Crippen LogP contribution is 2.39. The van der Waals surface area contributed by atoms with Crippen molar-refractivity contribution in [2.45, 2.75) is 182 Å². The smallest absolute Gasteiger partial charge is 0.161 e. The zero-order valence-corrected chi connectivity index (χ0v) is 47.0. The van der Waals surface area contributed by atoms with Gasteiger partial charge in [0.15, 0.2) is 12.6 Å². The molecule has 4 aromatic carbocycles. The summed E-state index contributed by atoms with van der Waals surface area (Å²) in [5.41, 5.74) is 7.87. The number of ether oxygens (including phenoxy) is 4. The van der Waals surface area contributed by atoms with E-state index in [1.807, 2.05) is 76.2 Å². The van der Waals surface area contributed by atoms with Gasteiger partial charge in [0.2, 0.25) is 0 Å². The third-order valence-corrected chi connectivity index (χ3v) is 14.3. The van der Waals surface area contributed by atoms with E-state index in [1.54, 1.807) is 24.9 Å². The van der Waals surface area contributed by atoms with Crippen molar-refractivity contribution in [1.82, 2.24) is 0 Å². The Morgan fingerprint density at radius 1 is 0.365 bits per heavy atom. The normalized spacial score (nSPS) is 22.6. The van der Waals surface area contributed by atoms with Gasteiger partial charge in [0.1, 0.15) is 47.4 Å². The molecule has 0 aliphatic carbocycles. The summed E-state index contributed by atoms with van der Waals surface area (Å²) in [5.74, 6) is 0.496. The van der Waals surface area contributed by atoms with Gasteiger partial charge >= 0.3 is 0 Å². The minimum absolute atomic E-state index is 0.0769. The zero-order chi connectivity index (χ0) is 54.2. The molecule has 0 unspecified atom stereocenters. The lowest BCUT2D eigenvalue weighted by atomic mass is 9.82. The number of nitrogens with zero attached hydrogens (tertiary/aromatic N) is 4. The molecule has 4 N–H and O–H groups in total. The van der Waals surface area contributed by atoms with E-state index < -0.39 is 37.0 Å². The summed E-state index contributed by atoms with van der Waals surface area (Å²) in [7, 11) is 0. The quantitative estimate of drug-likeness (QED) is 0.154. The van der Waals surface area contributed by atoms with Gasteiger partial charge in [-0.25, -0.2) is 0 Å². The molecule has 3 heterocycles. The van der Waals surface area contributed by atoms with Crippen LogP contribution in [0.3, 0.4) is 0 Å². The first-order valence-electron chi connectivity index (χ1n) is 26.5. The molecule has 400 valence electrons. The van der Waals surface area contributed by atoms with E-state index in [9.17, 15) is 20.4 Å². The monoisotopic (exact) mass is 1010 g/mol. The standard InChI is InChI=1S/C62H84N4O8/c1-35(2)57-71-49-31-63-27-41-23-45(59(5,6)7)19-37(53(41)67)17-39-21-47(61(11,12)13)25-43(55(39)69)29-65-33-51-52(74-58(73-51)36(3)4)34-66-30-44-26-48(62(14,15)16)22-40(56(44)70)18-38-20-46(60(8,9)10)24-42(54(38)68)28-64-32-50(49)72-57/h19-30,35-36,49-52,57-58,67-70H,17-18,31-34H2,1-16H3/t49-,50-,51-,52-,57?,58?/m1/s1. The molecule has 74 heavy (non-hydrogen) atoms. The van der Waals surface area contributed by atoms with E-state index in [1.165, 1.54) is 0 Å². The van der Waals surface area contributed by atoms with Crippen LogP contribution in [0.15, 0.2) is 68.5 Å². The Bertz CT molecular complexity index is 2410. The third kappa shape index (κ3) is 13.3. The number of phenols is 4. The van der Waals surface area contributed by atoms with Gasteiger partial charge in [0.05, 0.1) is 26.2 Å². The van der Waals surface area contributed by atoms with Crippen molar-refractivity contribution in [3.8, 4) is 23.0 Å². The van der Waals surface area contributed by atoms with Gasteiger partial charge in [-0.05, 0) is 90.4 Å². The van der Waals surface area contributed by atoms with Gasteiger partial charge in [-0.1, -0.05) is 135 Å². The minimum Gasteiger partial charge on any atom is -0.507 e. The second-order valence-electron chi connectivity index (χ2n) is 25.5. The molecule has 3 aliphatic rings. The average molecular weight is 1010 g/mol. The van der Waals surface area contributed by atoms with Gasteiger partial charge in [-0.2, -0.15) is 0 Å². The van der Waals surface area contributed by atoms with Crippen LogP contribution in [0.1, 0.15) is 178 Å². The lowest BCUT2D eigenvalue weighted by molar-refractivity contribution is -0.0935. The van der Waals surface area contributed by atoms with Crippen LogP contribution in [0.2, 0.25) is 0 Å². The Hall–Kier alpha value is -5.40. The molecule has 0 saturated carbocycles. The molecule has 12 nitrogen and oxygen atoms in total. The van der Waals surface area contributed by atoms with E-state index >= 15 is 0 Å². The highest BCUT2D eigenvalue weighted by Gasteiger charge is 2.39. The predicted molar refractivity (Wildman–Crippen MR) is 299 cm³/mol. The van der Waals surface area contributed by atoms with Gasteiger partial charge in [0.25, 0.3) is 0 Å².